The average molecular weight is 254 g/mol. The van der Waals surface area contributed by atoms with Gasteiger partial charge in [0.2, 0.25) is 0 Å². The molecule has 0 aliphatic carbocycles. The fraction of sp³-hybridized carbons (Fsp3) is 0.600. The highest BCUT2D eigenvalue weighted by atomic mass is 32.1. The van der Waals surface area contributed by atoms with Crippen LogP contribution in [0.1, 0.15) is 16.6 Å². The Hall–Kier alpha value is -1.18. The number of nitrogens with zero attached hydrogens (tertiary/aromatic N) is 1. The summed E-state index contributed by atoms with van der Waals surface area (Å²) in [5, 5.41) is 9.40. The van der Waals surface area contributed by atoms with Gasteiger partial charge in [-0.2, -0.15) is 0 Å². The van der Waals surface area contributed by atoms with Crippen LogP contribution in [0, 0.1) is 0 Å². The number of ether oxygens (including phenoxy) is 1. The van der Waals surface area contributed by atoms with Gasteiger partial charge in [-0.05, 0) is 0 Å². The maximum atomic E-state index is 11.2. The number of fused-ring (bicyclic) bond motifs is 4. The van der Waals surface area contributed by atoms with Gasteiger partial charge in [0.1, 0.15) is 0 Å². The molecule has 92 valence electrons. The van der Waals surface area contributed by atoms with Crippen molar-refractivity contribution in [2.24, 2.45) is 0 Å². The van der Waals surface area contributed by atoms with Gasteiger partial charge >= 0.3 is 6.03 Å². The van der Waals surface area contributed by atoms with Crippen LogP contribution in [0.15, 0.2) is 0 Å². The van der Waals surface area contributed by atoms with Gasteiger partial charge in [-0.3, -0.25) is 5.32 Å². The molecule has 1 saturated heterocycles. The van der Waals surface area contributed by atoms with Crippen molar-refractivity contribution in [3.63, 3.8) is 0 Å². The number of carbonyl (C=O) groups excluding carboxylic acids is 1. The van der Waals surface area contributed by atoms with Crippen LogP contribution < -0.4 is 16.0 Å². The lowest BCUT2D eigenvalue weighted by Crippen LogP contribution is -2.48. The lowest BCUT2D eigenvalue weighted by atomic mass is 10.0. The standard InChI is InChI=1S/C10H14N4O2S/c1-11-9(15)14-10-13-6-2-5-3-16-4-7(12-5)8(6)17-10/h5,7,12H,2-4H2,1H3,(H2,11,13,14,15). The van der Waals surface area contributed by atoms with Crippen molar-refractivity contribution in [1.29, 1.82) is 0 Å². The first kappa shape index (κ1) is 10.9. The number of nitrogens with one attached hydrogen (secondary N) is 3. The molecular formula is C10H14N4O2S. The van der Waals surface area contributed by atoms with Crippen LogP contribution in [0.2, 0.25) is 0 Å². The van der Waals surface area contributed by atoms with Gasteiger partial charge in [-0.25, -0.2) is 9.78 Å². The van der Waals surface area contributed by atoms with Crippen LogP contribution in [-0.4, -0.2) is 37.3 Å². The number of rotatable bonds is 1. The summed E-state index contributed by atoms with van der Waals surface area (Å²) in [6.07, 6.45) is 0.873. The van der Waals surface area contributed by atoms with Crippen molar-refractivity contribution in [3.05, 3.63) is 10.6 Å². The zero-order valence-corrected chi connectivity index (χ0v) is 10.3. The number of morpholine rings is 1. The predicted octanol–water partition coefficient (Wildman–Crippen LogP) is 0.480. The Morgan fingerprint density at radius 2 is 2.47 bits per heavy atom. The molecule has 1 aromatic rings. The number of anilines is 1. The van der Waals surface area contributed by atoms with Crippen LogP contribution in [0.5, 0.6) is 0 Å². The van der Waals surface area contributed by atoms with E-state index in [1.807, 2.05) is 0 Å². The first-order valence-electron chi connectivity index (χ1n) is 5.58. The van der Waals surface area contributed by atoms with Gasteiger partial charge in [0, 0.05) is 24.4 Å². The fourth-order valence-electron chi connectivity index (χ4n) is 2.21. The highest BCUT2D eigenvalue weighted by Gasteiger charge is 2.33. The molecule has 0 saturated carbocycles. The van der Waals surface area contributed by atoms with Gasteiger partial charge < -0.3 is 15.4 Å². The Bertz CT molecular complexity index is 448. The van der Waals surface area contributed by atoms with Crippen LogP contribution >= 0.6 is 11.3 Å². The largest absolute Gasteiger partial charge is 0.378 e. The van der Waals surface area contributed by atoms with Gasteiger partial charge in [0.05, 0.1) is 24.9 Å². The van der Waals surface area contributed by atoms with E-state index in [9.17, 15) is 4.79 Å². The number of hydrogen-bond donors (Lipinski definition) is 3. The lowest BCUT2D eigenvalue weighted by molar-refractivity contribution is 0.0395. The molecule has 2 aliphatic heterocycles. The predicted molar refractivity (Wildman–Crippen MR) is 64.4 cm³/mol. The van der Waals surface area contributed by atoms with E-state index in [2.05, 4.69) is 20.9 Å². The Kier molecular flexibility index (Phi) is 2.73. The van der Waals surface area contributed by atoms with Gasteiger partial charge in [-0.15, -0.1) is 0 Å². The zero-order chi connectivity index (χ0) is 11.8. The molecule has 0 spiro atoms. The third kappa shape index (κ3) is 2.01. The van der Waals surface area contributed by atoms with Crippen molar-refractivity contribution in [3.8, 4) is 0 Å². The molecule has 3 rings (SSSR count). The Morgan fingerprint density at radius 1 is 1.59 bits per heavy atom. The molecule has 1 fully saturated rings. The van der Waals surface area contributed by atoms with E-state index in [4.69, 9.17) is 4.74 Å². The summed E-state index contributed by atoms with van der Waals surface area (Å²) in [6.45, 7) is 1.43. The minimum absolute atomic E-state index is 0.232. The third-order valence-corrected chi connectivity index (χ3v) is 4.10. The number of thiazole rings is 1. The van der Waals surface area contributed by atoms with E-state index in [1.165, 1.54) is 16.2 Å². The first-order chi connectivity index (χ1) is 8.26. The molecular weight excluding hydrogens is 240 g/mol. The van der Waals surface area contributed by atoms with E-state index >= 15 is 0 Å². The minimum Gasteiger partial charge on any atom is -0.378 e. The second-order valence-electron chi connectivity index (χ2n) is 4.19. The summed E-state index contributed by atoms with van der Waals surface area (Å²) < 4.78 is 5.52. The molecule has 2 bridgehead atoms. The number of aromatic nitrogens is 1. The van der Waals surface area contributed by atoms with Gasteiger partial charge in [-0.1, -0.05) is 11.3 Å². The van der Waals surface area contributed by atoms with Gasteiger partial charge in [0.25, 0.3) is 0 Å². The Morgan fingerprint density at radius 3 is 3.29 bits per heavy atom. The number of amides is 2. The molecule has 2 aliphatic rings. The second kappa shape index (κ2) is 4.25. The van der Waals surface area contributed by atoms with Crippen LogP contribution in [0.3, 0.4) is 0 Å². The molecule has 3 N–H and O–H groups in total. The molecule has 6 nitrogen and oxygen atoms in total. The fourth-order valence-corrected chi connectivity index (χ4v) is 3.24. The van der Waals surface area contributed by atoms with Crippen LogP contribution in [0.25, 0.3) is 0 Å². The quantitative estimate of drug-likeness (QED) is 0.681. The molecule has 2 amide bonds. The van der Waals surface area contributed by atoms with Crippen molar-refractivity contribution < 1.29 is 9.53 Å². The second-order valence-corrected chi connectivity index (χ2v) is 5.22. The molecule has 2 atom stereocenters. The van der Waals surface area contributed by atoms with E-state index in [0.29, 0.717) is 17.8 Å². The van der Waals surface area contributed by atoms with Gasteiger partial charge in [0.15, 0.2) is 5.13 Å². The molecule has 7 heteroatoms. The smallest absolute Gasteiger partial charge is 0.320 e. The molecule has 1 aromatic heterocycles. The highest BCUT2D eigenvalue weighted by Crippen LogP contribution is 2.35. The average Bonchev–Trinajstić information content (AvgIpc) is 2.72. The Balaban J connectivity index is 1.84. The lowest BCUT2D eigenvalue weighted by Gasteiger charge is -2.34. The monoisotopic (exact) mass is 254 g/mol. The summed E-state index contributed by atoms with van der Waals surface area (Å²) >= 11 is 1.52. The van der Waals surface area contributed by atoms with Crippen molar-refractivity contribution in [2.75, 3.05) is 25.6 Å². The summed E-state index contributed by atoms with van der Waals surface area (Å²) in [6, 6.07) is 0.356. The number of carbonyl (C=O) groups is 1. The molecule has 0 aromatic carbocycles. The number of hydrogen-bond acceptors (Lipinski definition) is 5. The SMILES string of the molecule is CNC(=O)Nc1nc2c(s1)C1COCC(C2)N1. The maximum Gasteiger partial charge on any atom is 0.320 e. The van der Waals surface area contributed by atoms with Crippen LogP contribution in [0.4, 0.5) is 9.93 Å². The van der Waals surface area contributed by atoms with Crippen molar-refractivity contribution >= 4 is 22.5 Å². The normalized spacial score (nSPS) is 26.2. The van der Waals surface area contributed by atoms with E-state index in [1.54, 1.807) is 7.05 Å². The molecule has 3 heterocycles. The van der Waals surface area contributed by atoms with E-state index < -0.39 is 0 Å². The van der Waals surface area contributed by atoms with E-state index in [0.717, 1.165) is 18.7 Å². The first-order valence-corrected chi connectivity index (χ1v) is 6.40. The van der Waals surface area contributed by atoms with Crippen LogP contribution in [-0.2, 0) is 11.2 Å². The van der Waals surface area contributed by atoms with Crippen molar-refractivity contribution in [2.45, 2.75) is 18.5 Å². The molecule has 2 unspecified atom stereocenters. The minimum atomic E-state index is -0.233. The van der Waals surface area contributed by atoms with E-state index in [-0.39, 0.29) is 12.1 Å². The zero-order valence-electron chi connectivity index (χ0n) is 9.45. The molecule has 17 heavy (non-hydrogen) atoms. The summed E-state index contributed by atoms with van der Waals surface area (Å²) in [5.74, 6) is 0. The summed E-state index contributed by atoms with van der Waals surface area (Å²) in [4.78, 5) is 16.9. The maximum absolute atomic E-state index is 11.2. The van der Waals surface area contributed by atoms with Crippen molar-refractivity contribution in [1.82, 2.24) is 15.6 Å². The third-order valence-electron chi connectivity index (χ3n) is 2.97. The summed E-state index contributed by atoms with van der Waals surface area (Å²) in [7, 11) is 1.59. The topological polar surface area (TPSA) is 75.3 Å². The molecule has 0 radical (unpaired) electrons. The number of urea groups is 1. The summed E-state index contributed by atoms with van der Waals surface area (Å²) in [5.41, 5.74) is 1.10. The Labute approximate surface area is 103 Å². The highest BCUT2D eigenvalue weighted by molar-refractivity contribution is 7.16.